The molecule has 0 aliphatic heterocycles. The van der Waals surface area contributed by atoms with Crippen LogP contribution in [0.15, 0.2) is 30.9 Å². The van der Waals surface area contributed by atoms with Crippen molar-refractivity contribution in [3.8, 4) is 5.75 Å². The summed E-state index contributed by atoms with van der Waals surface area (Å²) in [5.41, 5.74) is 0.913. The summed E-state index contributed by atoms with van der Waals surface area (Å²) in [7, 11) is 0. The maximum Gasteiger partial charge on any atom is 0.130 e. The molecule has 3 fully saturated rings. The smallest absolute Gasteiger partial charge is 0.130 e. The fourth-order valence-electron chi connectivity index (χ4n) is 7.08. The van der Waals surface area contributed by atoms with Crippen molar-refractivity contribution in [2.24, 2.45) is 29.6 Å². The van der Waals surface area contributed by atoms with Gasteiger partial charge in [-0.15, -0.1) is 0 Å². The summed E-state index contributed by atoms with van der Waals surface area (Å²) in [6.45, 7) is 6.41. The molecule has 1 aromatic carbocycles. The Balaban J connectivity index is 1.30. The fraction of sp³-hybridized carbons (Fsp3) is 0.714. The first-order valence-corrected chi connectivity index (χ1v) is 12.7. The Kier molecular flexibility index (Phi) is 7.55. The predicted molar refractivity (Wildman–Crippen MR) is 123 cm³/mol. The highest BCUT2D eigenvalue weighted by molar-refractivity contribution is 5.31. The van der Waals surface area contributed by atoms with Crippen molar-refractivity contribution in [1.29, 1.82) is 0 Å². The van der Waals surface area contributed by atoms with Gasteiger partial charge in [0.05, 0.1) is 0 Å². The molecule has 3 aliphatic carbocycles. The van der Waals surface area contributed by atoms with E-state index in [4.69, 9.17) is 4.74 Å². The van der Waals surface area contributed by atoms with Crippen molar-refractivity contribution in [3.63, 3.8) is 0 Å². The molecule has 0 radical (unpaired) electrons. The van der Waals surface area contributed by atoms with Crippen molar-refractivity contribution < 1.29 is 9.13 Å². The van der Waals surface area contributed by atoms with Gasteiger partial charge in [0.1, 0.15) is 18.2 Å². The molecule has 1 nitrogen and oxygen atoms in total. The molecular formula is C28H41FO. The van der Waals surface area contributed by atoms with Crippen molar-refractivity contribution in [2.75, 3.05) is 6.61 Å². The fourth-order valence-corrected chi connectivity index (χ4v) is 7.08. The molecule has 0 saturated heterocycles. The minimum Gasteiger partial charge on any atom is -0.489 e. The largest absolute Gasteiger partial charge is 0.489 e. The van der Waals surface area contributed by atoms with Gasteiger partial charge in [0.25, 0.3) is 0 Å². The van der Waals surface area contributed by atoms with Gasteiger partial charge in [-0.2, -0.15) is 0 Å². The van der Waals surface area contributed by atoms with Crippen LogP contribution in [0.25, 0.3) is 0 Å². The van der Waals surface area contributed by atoms with Crippen LogP contribution in [-0.2, 0) is 0 Å². The van der Waals surface area contributed by atoms with Crippen molar-refractivity contribution in [3.05, 3.63) is 42.2 Å². The quantitative estimate of drug-likeness (QED) is 0.409. The Labute approximate surface area is 183 Å². The third-order valence-corrected chi connectivity index (χ3v) is 8.69. The number of ether oxygens (including phenoxy) is 1. The zero-order chi connectivity index (χ0) is 20.9. The lowest BCUT2D eigenvalue weighted by molar-refractivity contribution is 0.0708. The van der Waals surface area contributed by atoms with Gasteiger partial charge in [0.15, 0.2) is 0 Å². The van der Waals surface area contributed by atoms with E-state index in [2.05, 4.69) is 13.5 Å². The molecule has 4 atom stereocenters. The summed E-state index contributed by atoms with van der Waals surface area (Å²) in [4.78, 5) is 0. The second-order valence-corrected chi connectivity index (χ2v) is 10.5. The molecule has 0 bridgehead atoms. The lowest BCUT2D eigenvalue weighted by atomic mass is 9.60. The van der Waals surface area contributed by atoms with E-state index < -0.39 is 0 Å². The molecule has 1 aromatic rings. The first-order chi connectivity index (χ1) is 14.7. The monoisotopic (exact) mass is 412 g/mol. The van der Waals surface area contributed by atoms with Crippen LogP contribution in [0.3, 0.4) is 0 Å². The Morgan fingerprint density at radius 1 is 0.933 bits per heavy atom. The molecule has 0 amide bonds. The molecule has 2 heteroatoms. The van der Waals surface area contributed by atoms with Gasteiger partial charge in [-0.05, 0) is 98.5 Å². The zero-order valence-corrected chi connectivity index (χ0v) is 19.0. The van der Waals surface area contributed by atoms with Crippen LogP contribution in [0.4, 0.5) is 4.39 Å². The predicted octanol–water partition coefficient (Wildman–Crippen LogP) is 8.30. The van der Waals surface area contributed by atoms with Crippen LogP contribution < -0.4 is 4.74 Å². The molecule has 0 N–H and O–H groups in total. The molecule has 4 rings (SSSR count). The maximum absolute atomic E-state index is 14.8. The van der Waals surface area contributed by atoms with Crippen LogP contribution in [0.2, 0.25) is 0 Å². The molecular weight excluding hydrogens is 371 g/mol. The molecule has 166 valence electrons. The van der Waals surface area contributed by atoms with Crippen LogP contribution in [-0.4, -0.2) is 6.61 Å². The summed E-state index contributed by atoms with van der Waals surface area (Å²) in [6.07, 6.45) is 18.3. The average molecular weight is 413 g/mol. The summed E-state index contributed by atoms with van der Waals surface area (Å²) >= 11 is 0. The van der Waals surface area contributed by atoms with E-state index >= 15 is 0 Å². The minimum absolute atomic E-state index is 0.0856. The van der Waals surface area contributed by atoms with Gasteiger partial charge >= 0.3 is 0 Å². The molecule has 0 spiro atoms. The van der Waals surface area contributed by atoms with Gasteiger partial charge in [-0.3, -0.25) is 0 Å². The normalized spacial score (nSPS) is 34.2. The lowest BCUT2D eigenvalue weighted by Crippen LogP contribution is -2.34. The van der Waals surface area contributed by atoms with E-state index in [-0.39, 0.29) is 5.82 Å². The summed E-state index contributed by atoms with van der Waals surface area (Å²) < 4.78 is 20.3. The zero-order valence-electron chi connectivity index (χ0n) is 19.0. The Morgan fingerprint density at radius 2 is 1.60 bits per heavy atom. The SMILES string of the molecule is C=CCOc1ccc(C2CCC3CC(C4CCC(CCC)CC4)CCC3C2)c(F)c1. The summed E-state index contributed by atoms with van der Waals surface area (Å²) in [6, 6.07) is 5.47. The number of rotatable bonds is 7. The van der Waals surface area contributed by atoms with Gasteiger partial charge in [-0.1, -0.05) is 51.3 Å². The van der Waals surface area contributed by atoms with Gasteiger partial charge < -0.3 is 4.74 Å². The summed E-state index contributed by atoms with van der Waals surface area (Å²) in [5.74, 6) is 5.61. The Morgan fingerprint density at radius 3 is 2.30 bits per heavy atom. The Hall–Kier alpha value is -1.31. The van der Waals surface area contributed by atoms with Gasteiger partial charge in [0.2, 0.25) is 0 Å². The van der Waals surface area contributed by atoms with E-state index in [1.54, 1.807) is 12.1 Å². The van der Waals surface area contributed by atoms with Crippen LogP contribution >= 0.6 is 0 Å². The molecule has 3 saturated carbocycles. The highest BCUT2D eigenvalue weighted by atomic mass is 19.1. The van der Waals surface area contributed by atoms with E-state index in [9.17, 15) is 4.39 Å². The molecule has 0 heterocycles. The van der Waals surface area contributed by atoms with E-state index in [0.29, 0.717) is 18.3 Å². The molecule has 30 heavy (non-hydrogen) atoms. The number of hydrogen-bond acceptors (Lipinski definition) is 1. The first kappa shape index (κ1) is 21.9. The van der Waals surface area contributed by atoms with E-state index in [1.807, 2.05) is 12.1 Å². The standard InChI is InChI=1S/C28H41FO/c1-3-5-20-6-8-21(9-7-20)22-10-11-24-18-25(13-12-23(24)17-22)27-15-14-26(19-28(27)29)30-16-4-2/h4,14-15,19-25H,2-3,5-13,16-18H2,1H3. The molecule has 3 aliphatic rings. The maximum atomic E-state index is 14.8. The Bertz CT molecular complexity index is 690. The number of fused-ring (bicyclic) bond motifs is 1. The topological polar surface area (TPSA) is 9.23 Å². The van der Waals surface area contributed by atoms with Crippen LogP contribution in [0, 0.1) is 35.4 Å². The van der Waals surface area contributed by atoms with Crippen molar-refractivity contribution >= 4 is 0 Å². The number of hydrogen-bond donors (Lipinski definition) is 0. The van der Waals surface area contributed by atoms with Crippen molar-refractivity contribution in [2.45, 2.75) is 89.9 Å². The number of halogens is 1. The average Bonchev–Trinajstić information content (AvgIpc) is 2.78. The third-order valence-electron chi connectivity index (χ3n) is 8.69. The third kappa shape index (κ3) is 5.11. The van der Waals surface area contributed by atoms with E-state index in [0.717, 1.165) is 41.6 Å². The lowest BCUT2D eigenvalue weighted by Gasteiger charge is -2.45. The molecule has 0 aromatic heterocycles. The highest BCUT2D eigenvalue weighted by Gasteiger charge is 2.39. The van der Waals surface area contributed by atoms with Crippen molar-refractivity contribution in [1.82, 2.24) is 0 Å². The summed E-state index contributed by atoms with van der Waals surface area (Å²) in [5, 5.41) is 0. The van der Waals surface area contributed by atoms with Gasteiger partial charge in [0, 0.05) is 6.07 Å². The highest BCUT2D eigenvalue weighted by Crippen LogP contribution is 2.51. The van der Waals surface area contributed by atoms with Crippen LogP contribution in [0.1, 0.15) is 95.5 Å². The molecule has 4 unspecified atom stereocenters. The second kappa shape index (κ2) is 10.3. The minimum atomic E-state index is -0.0856. The first-order valence-electron chi connectivity index (χ1n) is 12.7. The van der Waals surface area contributed by atoms with E-state index in [1.165, 1.54) is 70.6 Å². The number of benzene rings is 1. The van der Waals surface area contributed by atoms with Gasteiger partial charge in [-0.25, -0.2) is 4.39 Å². The second-order valence-electron chi connectivity index (χ2n) is 10.5. The van der Waals surface area contributed by atoms with Crippen LogP contribution in [0.5, 0.6) is 5.75 Å².